The Hall–Kier alpha value is -1.87. The lowest BCUT2D eigenvalue weighted by Crippen LogP contribution is -2.02. The zero-order valence-corrected chi connectivity index (χ0v) is 13.6. The van der Waals surface area contributed by atoms with Crippen molar-refractivity contribution in [2.24, 2.45) is 7.05 Å². The van der Waals surface area contributed by atoms with Gasteiger partial charge < -0.3 is 4.57 Å². The predicted molar refractivity (Wildman–Crippen MR) is 89.8 cm³/mol. The van der Waals surface area contributed by atoms with Crippen molar-refractivity contribution in [1.82, 2.24) is 4.57 Å². The van der Waals surface area contributed by atoms with Crippen molar-refractivity contribution < 1.29 is 4.79 Å². The summed E-state index contributed by atoms with van der Waals surface area (Å²) in [5.41, 5.74) is 4.13. The number of rotatable bonds is 3. The van der Waals surface area contributed by atoms with Crippen LogP contribution in [0.25, 0.3) is 10.9 Å². The molecule has 1 aromatic heterocycles. The number of ketones is 1. The maximum absolute atomic E-state index is 12.6. The second kappa shape index (κ2) is 5.49. The van der Waals surface area contributed by atoms with Gasteiger partial charge in [-0.1, -0.05) is 40.2 Å². The zero-order valence-electron chi connectivity index (χ0n) is 12.1. The molecule has 0 spiro atoms. The highest BCUT2D eigenvalue weighted by molar-refractivity contribution is 9.10. The molecule has 3 aromatic rings. The first kappa shape index (κ1) is 14.1. The van der Waals surface area contributed by atoms with Crippen LogP contribution in [-0.2, 0) is 13.5 Å². The summed E-state index contributed by atoms with van der Waals surface area (Å²) < 4.78 is 3.03. The Morgan fingerprint density at radius 1 is 1.19 bits per heavy atom. The van der Waals surface area contributed by atoms with Crippen LogP contribution >= 0.6 is 15.9 Å². The second-order valence-electron chi connectivity index (χ2n) is 5.40. The van der Waals surface area contributed by atoms with E-state index in [0.717, 1.165) is 26.5 Å². The minimum atomic E-state index is 0.155. The number of carbonyl (C=O) groups is 1. The Bertz CT molecular complexity index is 832. The molecular weight excluding hydrogens is 326 g/mol. The molecule has 2 nitrogen and oxygen atoms in total. The fourth-order valence-electron chi connectivity index (χ4n) is 2.64. The van der Waals surface area contributed by atoms with E-state index in [1.165, 1.54) is 5.56 Å². The lowest BCUT2D eigenvalue weighted by Gasteiger charge is -2.01. The van der Waals surface area contributed by atoms with Crippen LogP contribution in [0.15, 0.2) is 53.1 Å². The van der Waals surface area contributed by atoms with Crippen molar-refractivity contribution in [3.05, 3.63) is 69.8 Å². The zero-order chi connectivity index (χ0) is 15.0. The summed E-state index contributed by atoms with van der Waals surface area (Å²) in [4.78, 5) is 12.6. The van der Waals surface area contributed by atoms with Gasteiger partial charge in [0.05, 0.1) is 0 Å². The monoisotopic (exact) mass is 341 g/mol. The van der Waals surface area contributed by atoms with Crippen LogP contribution in [0.3, 0.4) is 0 Å². The van der Waals surface area contributed by atoms with E-state index in [9.17, 15) is 4.79 Å². The van der Waals surface area contributed by atoms with Crippen LogP contribution in [-0.4, -0.2) is 10.4 Å². The molecule has 2 aromatic carbocycles. The van der Waals surface area contributed by atoms with Gasteiger partial charge in [-0.05, 0) is 36.2 Å². The number of Topliss-reactive ketones (excluding diaryl/α,β-unsaturated/α-hetero) is 1. The maximum atomic E-state index is 12.6. The number of halogens is 1. The SMILES string of the molecule is Cc1ccc2c(C(=O)Cc3cccc(Br)c3)cn(C)c2c1. The van der Waals surface area contributed by atoms with Gasteiger partial charge >= 0.3 is 0 Å². The van der Waals surface area contributed by atoms with Gasteiger partial charge in [0, 0.05) is 40.6 Å². The van der Waals surface area contributed by atoms with E-state index < -0.39 is 0 Å². The van der Waals surface area contributed by atoms with E-state index in [1.54, 1.807) is 0 Å². The van der Waals surface area contributed by atoms with E-state index in [4.69, 9.17) is 0 Å². The Balaban J connectivity index is 1.98. The van der Waals surface area contributed by atoms with E-state index >= 15 is 0 Å². The lowest BCUT2D eigenvalue weighted by molar-refractivity contribution is 0.0994. The fourth-order valence-corrected chi connectivity index (χ4v) is 3.09. The molecule has 0 saturated carbocycles. The number of carbonyl (C=O) groups excluding carboxylic acids is 1. The van der Waals surface area contributed by atoms with Gasteiger partial charge in [0.2, 0.25) is 0 Å². The first-order valence-electron chi connectivity index (χ1n) is 6.88. The summed E-state index contributed by atoms with van der Waals surface area (Å²) in [6.45, 7) is 2.06. The third-order valence-electron chi connectivity index (χ3n) is 3.70. The van der Waals surface area contributed by atoms with Gasteiger partial charge in [0.25, 0.3) is 0 Å². The molecule has 0 N–H and O–H groups in total. The summed E-state index contributed by atoms with van der Waals surface area (Å²) in [6, 6.07) is 14.1. The summed E-state index contributed by atoms with van der Waals surface area (Å²) in [5.74, 6) is 0.155. The topological polar surface area (TPSA) is 22.0 Å². The smallest absolute Gasteiger partial charge is 0.169 e. The van der Waals surface area contributed by atoms with Crippen LogP contribution in [0.4, 0.5) is 0 Å². The number of fused-ring (bicyclic) bond motifs is 1. The van der Waals surface area contributed by atoms with Crippen molar-refractivity contribution in [1.29, 1.82) is 0 Å². The minimum absolute atomic E-state index is 0.155. The summed E-state index contributed by atoms with van der Waals surface area (Å²) in [5, 5.41) is 1.03. The largest absolute Gasteiger partial charge is 0.350 e. The quantitative estimate of drug-likeness (QED) is 0.634. The van der Waals surface area contributed by atoms with Crippen molar-refractivity contribution in [2.75, 3.05) is 0 Å². The molecule has 0 amide bonds. The number of aryl methyl sites for hydroxylation is 2. The number of hydrogen-bond acceptors (Lipinski definition) is 1. The van der Waals surface area contributed by atoms with E-state index in [1.807, 2.05) is 48.1 Å². The molecule has 0 saturated heterocycles. The van der Waals surface area contributed by atoms with Crippen molar-refractivity contribution >= 4 is 32.6 Å². The Morgan fingerprint density at radius 2 is 2.00 bits per heavy atom. The highest BCUT2D eigenvalue weighted by Gasteiger charge is 2.14. The minimum Gasteiger partial charge on any atom is -0.350 e. The van der Waals surface area contributed by atoms with Crippen molar-refractivity contribution in [2.45, 2.75) is 13.3 Å². The third kappa shape index (κ3) is 2.79. The molecule has 0 bridgehead atoms. The Kier molecular flexibility index (Phi) is 3.68. The summed E-state index contributed by atoms with van der Waals surface area (Å²) in [6.07, 6.45) is 2.36. The van der Waals surface area contributed by atoms with Crippen molar-refractivity contribution in [3.63, 3.8) is 0 Å². The molecule has 106 valence electrons. The van der Waals surface area contributed by atoms with Crippen LogP contribution in [0, 0.1) is 6.92 Å². The molecule has 0 atom stereocenters. The molecule has 0 aliphatic carbocycles. The number of nitrogens with zero attached hydrogens (tertiary/aromatic N) is 1. The normalized spacial score (nSPS) is 11.0. The number of hydrogen-bond donors (Lipinski definition) is 0. The maximum Gasteiger partial charge on any atom is 0.169 e. The highest BCUT2D eigenvalue weighted by atomic mass is 79.9. The van der Waals surface area contributed by atoms with Gasteiger partial charge in [-0.3, -0.25) is 4.79 Å². The van der Waals surface area contributed by atoms with Gasteiger partial charge in [-0.15, -0.1) is 0 Å². The molecule has 0 aliphatic heterocycles. The first-order chi connectivity index (χ1) is 10.0. The van der Waals surface area contributed by atoms with Crippen molar-refractivity contribution in [3.8, 4) is 0 Å². The molecule has 21 heavy (non-hydrogen) atoms. The van der Waals surface area contributed by atoms with Crippen LogP contribution in [0.5, 0.6) is 0 Å². The Morgan fingerprint density at radius 3 is 2.76 bits per heavy atom. The first-order valence-corrected chi connectivity index (χ1v) is 7.67. The molecule has 3 rings (SSSR count). The summed E-state index contributed by atoms with van der Waals surface area (Å²) >= 11 is 3.44. The average molecular weight is 342 g/mol. The molecule has 3 heteroatoms. The highest BCUT2D eigenvalue weighted by Crippen LogP contribution is 2.23. The fraction of sp³-hybridized carbons (Fsp3) is 0.167. The predicted octanol–water partition coefficient (Wildman–Crippen LogP) is 4.67. The second-order valence-corrected chi connectivity index (χ2v) is 6.32. The van der Waals surface area contributed by atoms with Crippen LogP contribution < -0.4 is 0 Å². The van der Waals surface area contributed by atoms with Gasteiger partial charge in [0.1, 0.15) is 0 Å². The van der Waals surface area contributed by atoms with E-state index in [2.05, 4.69) is 35.0 Å². The van der Waals surface area contributed by atoms with Crippen LogP contribution in [0.2, 0.25) is 0 Å². The summed E-state index contributed by atoms with van der Waals surface area (Å²) in [7, 11) is 1.98. The Labute approximate surface area is 132 Å². The van der Waals surface area contributed by atoms with Gasteiger partial charge in [-0.25, -0.2) is 0 Å². The molecular formula is C18H16BrNO. The molecule has 1 heterocycles. The molecule has 0 aliphatic rings. The van der Waals surface area contributed by atoms with E-state index in [-0.39, 0.29) is 5.78 Å². The van der Waals surface area contributed by atoms with Crippen LogP contribution in [0.1, 0.15) is 21.5 Å². The number of benzene rings is 2. The average Bonchev–Trinajstić information content (AvgIpc) is 2.76. The van der Waals surface area contributed by atoms with E-state index in [0.29, 0.717) is 6.42 Å². The number of aromatic nitrogens is 1. The molecule has 0 fully saturated rings. The molecule has 0 unspecified atom stereocenters. The lowest BCUT2D eigenvalue weighted by atomic mass is 10.0. The molecule has 0 radical (unpaired) electrons. The van der Waals surface area contributed by atoms with Gasteiger partial charge in [0.15, 0.2) is 5.78 Å². The van der Waals surface area contributed by atoms with Gasteiger partial charge in [-0.2, -0.15) is 0 Å². The standard InChI is InChI=1S/C18H16BrNO/c1-12-6-7-15-16(11-20(2)17(15)8-12)18(21)10-13-4-3-5-14(19)9-13/h3-9,11H,10H2,1-2H3. The third-order valence-corrected chi connectivity index (χ3v) is 4.19.